The number of pyridine rings is 1. The van der Waals surface area contributed by atoms with Crippen LogP contribution in [0.25, 0.3) is 11.0 Å². The molecule has 1 aliphatic carbocycles. The van der Waals surface area contributed by atoms with Gasteiger partial charge < -0.3 is 10.7 Å². The zero-order chi connectivity index (χ0) is 10.4. The maximum atomic E-state index is 5.91. The molecule has 0 atom stereocenters. The highest BCUT2D eigenvalue weighted by Crippen LogP contribution is 2.28. The minimum Gasteiger partial charge on any atom is -0.382 e. The molecule has 0 aliphatic heterocycles. The van der Waals surface area contributed by atoms with E-state index in [1.54, 1.807) is 0 Å². The largest absolute Gasteiger partial charge is 0.382 e. The number of H-pyrrole nitrogens is 1. The molecule has 3 rings (SSSR count). The topological polar surface area (TPSA) is 67.6 Å². The summed E-state index contributed by atoms with van der Waals surface area (Å²) in [5, 5.41) is 0. The number of rotatable bonds is 0. The molecule has 4 heteroatoms. The Morgan fingerprint density at radius 3 is 2.87 bits per heavy atom. The molecule has 0 bridgehead atoms. The van der Waals surface area contributed by atoms with Crippen LogP contribution in [0.3, 0.4) is 0 Å². The Labute approximate surface area is 87.9 Å². The van der Waals surface area contributed by atoms with Gasteiger partial charge in [0.15, 0.2) is 0 Å². The highest BCUT2D eigenvalue weighted by Gasteiger charge is 2.18. The Balaban J connectivity index is 2.38. The van der Waals surface area contributed by atoms with Crippen molar-refractivity contribution in [2.24, 2.45) is 0 Å². The van der Waals surface area contributed by atoms with Crippen molar-refractivity contribution >= 4 is 16.9 Å². The van der Waals surface area contributed by atoms with Gasteiger partial charge in [-0.05, 0) is 32.6 Å². The SMILES string of the molecule is Cc1nc2c3c(nc(N)c2[nH]1)CCCC3. The van der Waals surface area contributed by atoms with E-state index < -0.39 is 0 Å². The third kappa shape index (κ3) is 1.21. The van der Waals surface area contributed by atoms with Crippen molar-refractivity contribution in [1.29, 1.82) is 0 Å². The lowest BCUT2D eigenvalue weighted by Crippen LogP contribution is -2.08. The van der Waals surface area contributed by atoms with E-state index in [9.17, 15) is 0 Å². The van der Waals surface area contributed by atoms with E-state index in [-0.39, 0.29) is 0 Å². The second-order valence-electron chi connectivity index (χ2n) is 4.18. The monoisotopic (exact) mass is 202 g/mol. The first kappa shape index (κ1) is 8.71. The molecular weight excluding hydrogens is 188 g/mol. The van der Waals surface area contributed by atoms with Crippen LogP contribution in [0.15, 0.2) is 0 Å². The van der Waals surface area contributed by atoms with E-state index in [2.05, 4.69) is 15.0 Å². The molecule has 2 aromatic rings. The van der Waals surface area contributed by atoms with E-state index in [4.69, 9.17) is 5.73 Å². The summed E-state index contributed by atoms with van der Waals surface area (Å²) < 4.78 is 0. The number of hydrogen-bond donors (Lipinski definition) is 2. The smallest absolute Gasteiger partial charge is 0.149 e. The Bertz CT molecular complexity index is 527. The van der Waals surface area contributed by atoms with Crippen LogP contribution >= 0.6 is 0 Å². The third-order valence-corrected chi connectivity index (χ3v) is 3.06. The molecule has 0 saturated heterocycles. The number of anilines is 1. The summed E-state index contributed by atoms with van der Waals surface area (Å²) in [6.45, 7) is 1.95. The van der Waals surface area contributed by atoms with Crippen LogP contribution in [-0.2, 0) is 12.8 Å². The lowest BCUT2D eigenvalue weighted by molar-refractivity contribution is 0.673. The predicted molar refractivity (Wildman–Crippen MR) is 59.7 cm³/mol. The molecule has 0 aromatic carbocycles. The second-order valence-corrected chi connectivity index (χ2v) is 4.18. The van der Waals surface area contributed by atoms with Crippen LogP contribution in [0.5, 0.6) is 0 Å². The van der Waals surface area contributed by atoms with Crippen LogP contribution in [0.2, 0.25) is 0 Å². The lowest BCUT2D eigenvalue weighted by atomic mass is 9.95. The number of aromatic nitrogens is 3. The number of nitrogen functional groups attached to an aromatic ring is 1. The summed E-state index contributed by atoms with van der Waals surface area (Å²) in [6, 6.07) is 0. The van der Waals surface area contributed by atoms with Crippen molar-refractivity contribution in [2.75, 3.05) is 5.73 Å². The first-order chi connectivity index (χ1) is 7.25. The summed E-state index contributed by atoms with van der Waals surface area (Å²) in [4.78, 5) is 12.2. The average molecular weight is 202 g/mol. The first-order valence-corrected chi connectivity index (χ1v) is 5.39. The number of nitrogens with one attached hydrogen (secondary N) is 1. The molecule has 15 heavy (non-hydrogen) atoms. The molecule has 4 nitrogen and oxygen atoms in total. The van der Waals surface area contributed by atoms with Gasteiger partial charge in [-0.1, -0.05) is 0 Å². The second kappa shape index (κ2) is 2.95. The highest BCUT2D eigenvalue weighted by molar-refractivity contribution is 5.88. The predicted octanol–water partition coefficient (Wildman–Crippen LogP) is 1.73. The van der Waals surface area contributed by atoms with Crippen LogP contribution < -0.4 is 5.73 Å². The number of fused-ring (bicyclic) bond motifs is 3. The zero-order valence-corrected chi connectivity index (χ0v) is 8.80. The Morgan fingerprint density at radius 2 is 2.00 bits per heavy atom. The summed E-state index contributed by atoms with van der Waals surface area (Å²) in [5.41, 5.74) is 10.3. The van der Waals surface area contributed by atoms with Gasteiger partial charge in [0.05, 0.1) is 5.52 Å². The van der Waals surface area contributed by atoms with Gasteiger partial charge in [-0.3, -0.25) is 0 Å². The molecule has 0 unspecified atom stereocenters. The van der Waals surface area contributed by atoms with Gasteiger partial charge >= 0.3 is 0 Å². The van der Waals surface area contributed by atoms with Gasteiger partial charge in [-0.25, -0.2) is 9.97 Å². The molecule has 78 valence electrons. The number of nitrogens with zero attached hydrogens (tertiary/aromatic N) is 2. The summed E-state index contributed by atoms with van der Waals surface area (Å²) in [5.74, 6) is 1.50. The summed E-state index contributed by atoms with van der Waals surface area (Å²) >= 11 is 0. The molecule has 1 aliphatic rings. The molecule has 0 radical (unpaired) electrons. The fraction of sp³-hybridized carbons (Fsp3) is 0.455. The van der Waals surface area contributed by atoms with E-state index in [0.717, 1.165) is 35.4 Å². The fourth-order valence-electron chi connectivity index (χ4n) is 2.36. The van der Waals surface area contributed by atoms with E-state index in [0.29, 0.717) is 5.82 Å². The van der Waals surface area contributed by atoms with E-state index >= 15 is 0 Å². The molecule has 3 N–H and O–H groups in total. The molecule has 0 fully saturated rings. The van der Waals surface area contributed by atoms with Gasteiger partial charge in [0.1, 0.15) is 17.2 Å². The van der Waals surface area contributed by atoms with Gasteiger partial charge in [-0.15, -0.1) is 0 Å². The Hall–Kier alpha value is -1.58. The van der Waals surface area contributed by atoms with E-state index in [1.165, 1.54) is 18.4 Å². The van der Waals surface area contributed by atoms with Gasteiger partial charge in [0.25, 0.3) is 0 Å². The van der Waals surface area contributed by atoms with Crippen LogP contribution in [0.4, 0.5) is 5.82 Å². The highest BCUT2D eigenvalue weighted by atomic mass is 15.0. The number of imidazole rings is 1. The molecular formula is C11H14N4. The van der Waals surface area contributed by atoms with Crippen LogP contribution in [0.1, 0.15) is 29.9 Å². The lowest BCUT2D eigenvalue weighted by Gasteiger charge is -2.15. The van der Waals surface area contributed by atoms with Gasteiger partial charge in [0.2, 0.25) is 0 Å². The number of nitrogens with two attached hydrogens (primary N) is 1. The third-order valence-electron chi connectivity index (χ3n) is 3.06. The van der Waals surface area contributed by atoms with Gasteiger partial charge in [-0.2, -0.15) is 0 Å². The number of hydrogen-bond acceptors (Lipinski definition) is 3. The van der Waals surface area contributed by atoms with Crippen LogP contribution in [-0.4, -0.2) is 15.0 Å². The molecule has 2 aromatic heterocycles. The Morgan fingerprint density at radius 1 is 1.20 bits per heavy atom. The number of aromatic amines is 1. The molecule has 0 saturated carbocycles. The average Bonchev–Trinajstić information content (AvgIpc) is 2.61. The van der Waals surface area contributed by atoms with Crippen molar-refractivity contribution in [3.63, 3.8) is 0 Å². The minimum absolute atomic E-state index is 0.589. The minimum atomic E-state index is 0.589. The molecule has 0 spiro atoms. The molecule has 2 heterocycles. The van der Waals surface area contributed by atoms with Crippen molar-refractivity contribution in [3.05, 3.63) is 17.1 Å². The van der Waals surface area contributed by atoms with Crippen molar-refractivity contribution in [2.45, 2.75) is 32.6 Å². The maximum Gasteiger partial charge on any atom is 0.149 e. The van der Waals surface area contributed by atoms with Crippen molar-refractivity contribution < 1.29 is 0 Å². The number of aryl methyl sites for hydroxylation is 3. The van der Waals surface area contributed by atoms with Crippen molar-refractivity contribution in [3.8, 4) is 0 Å². The maximum absolute atomic E-state index is 5.91. The fourth-order valence-corrected chi connectivity index (χ4v) is 2.36. The summed E-state index contributed by atoms with van der Waals surface area (Å²) in [7, 11) is 0. The van der Waals surface area contributed by atoms with Crippen LogP contribution in [0, 0.1) is 6.92 Å². The standard InChI is InChI=1S/C11H14N4/c1-6-13-9-7-4-2-3-5-8(7)15-11(12)10(9)14-6/h2-5H2,1H3,(H2,12,15)(H,13,14). The Kier molecular flexibility index (Phi) is 1.71. The zero-order valence-electron chi connectivity index (χ0n) is 8.80. The normalized spacial score (nSPS) is 15.5. The quantitative estimate of drug-likeness (QED) is 0.683. The van der Waals surface area contributed by atoms with Gasteiger partial charge in [0, 0.05) is 11.3 Å². The summed E-state index contributed by atoms with van der Waals surface area (Å²) in [6.07, 6.45) is 4.58. The van der Waals surface area contributed by atoms with E-state index in [1.807, 2.05) is 6.92 Å². The molecule has 0 amide bonds. The van der Waals surface area contributed by atoms with Crippen molar-refractivity contribution in [1.82, 2.24) is 15.0 Å². The first-order valence-electron chi connectivity index (χ1n) is 5.39.